The molecule has 1 saturated heterocycles. The number of carbonyl (C=O) groups excluding carboxylic acids is 1. The summed E-state index contributed by atoms with van der Waals surface area (Å²) in [6, 6.07) is 6.94. The highest BCUT2D eigenvalue weighted by molar-refractivity contribution is 7.89. The number of benzene rings is 1. The molecule has 2 bridgehead atoms. The van der Waals surface area contributed by atoms with Crippen LogP contribution in [0, 0.1) is 17.8 Å². The molecule has 0 aromatic heterocycles. The summed E-state index contributed by atoms with van der Waals surface area (Å²) in [5.74, 6) is 0.698. The third-order valence-electron chi connectivity index (χ3n) is 6.64. The Bertz CT molecular complexity index is 809. The van der Waals surface area contributed by atoms with Crippen molar-refractivity contribution >= 4 is 28.3 Å². The molecule has 0 spiro atoms. The van der Waals surface area contributed by atoms with Crippen molar-refractivity contribution in [2.45, 2.75) is 56.0 Å². The Morgan fingerprint density at radius 2 is 1.79 bits per heavy atom. The van der Waals surface area contributed by atoms with Crippen molar-refractivity contribution in [3.8, 4) is 0 Å². The summed E-state index contributed by atoms with van der Waals surface area (Å²) >= 11 is 0. The van der Waals surface area contributed by atoms with E-state index < -0.39 is 10.0 Å². The van der Waals surface area contributed by atoms with E-state index in [0.717, 1.165) is 38.5 Å². The van der Waals surface area contributed by atoms with Crippen LogP contribution in [0.25, 0.3) is 0 Å². The predicted octanol–water partition coefficient (Wildman–Crippen LogP) is 2.27. The van der Waals surface area contributed by atoms with Crippen molar-refractivity contribution in [3.05, 3.63) is 29.8 Å². The van der Waals surface area contributed by atoms with Gasteiger partial charge in [-0.1, -0.05) is 24.6 Å². The molecule has 2 saturated carbocycles. The smallest absolute Gasteiger partial charge is 0.243 e. The third-order valence-corrected chi connectivity index (χ3v) is 8.64. The molecular formula is C20H30ClN3O3S. The molecule has 2 aliphatic carbocycles. The molecule has 3 fully saturated rings. The van der Waals surface area contributed by atoms with Gasteiger partial charge in [0.2, 0.25) is 15.9 Å². The normalized spacial score (nSPS) is 30.0. The number of nitrogens with one attached hydrogen (secondary N) is 1. The fraction of sp³-hybridized carbons (Fsp3) is 0.650. The molecule has 4 unspecified atom stereocenters. The lowest BCUT2D eigenvalue weighted by Gasteiger charge is -2.28. The Balaban J connectivity index is 0.00000225. The van der Waals surface area contributed by atoms with E-state index >= 15 is 0 Å². The largest absolute Gasteiger partial charge is 0.352 e. The van der Waals surface area contributed by atoms with E-state index in [1.165, 1.54) is 0 Å². The Morgan fingerprint density at radius 3 is 2.46 bits per heavy atom. The number of fused-ring (bicyclic) bond motifs is 2. The first-order valence-corrected chi connectivity index (χ1v) is 11.5. The number of halogens is 1. The van der Waals surface area contributed by atoms with Gasteiger partial charge in [-0.2, -0.15) is 4.31 Å². The zero-order valence-electron chi connectivity index (χ0n) is 16.0. The predicted molar refractivity (Wildman–Crippen MR) is 110 cm³/mol. The summed E-state index contributed by atoms with van der Waals surface area (Å²) in [5, 5.41) is 2.97. The average Bonchev–Trinajstić information content (AvgIpc) is 3.28. The van der Waals surface area contributed by atoms with Crippen molar-refractivity contribution in [1.29, 1.82) is 0 Å². The van der Waals surface area contributed by atoms with Crippen LogP contribution in [0.3, 0.4) is 0 Å². The van der Waals surface area contributed by atoms with E-state index in [0.29, 0.717) is 35.4 Å². The summed E-state index contributed by atoms with van der Waals surface area (Å²) < 4.78 is 27.7. The molecule has 3 N–H and O–H groups in total. The van der Waals surface area contributed by atoms with Crippen LogP contribution in [-0.4, -0.2) is 37.8 Å². The SMILES string of the molecule is Cl.NC1C2CCC(C2)C1C(=O)NCc1ccccc1S(=O)(=O)N1CCCCC1. The molecular weight excluding hydrogens is 398 g/mol. The summed E-state index contributed by atoms with van der Waals surface area (Å²) in [5.41, 5.74) is 6.91. The number of sulfonamides is 1. The van der Waals surface area contributed by atoms with E-state index in [1.807, 2.05) is 6.07 Å². The van der Waals surface area contributed by atoms with Crippen LogP contribution in [0.4, 0.5) is 0 Å². The quantitative estimate of drug-likeness (QED) is 0.753. The van der Waals surface area contributed by atoms with Gasteiger partial charge in [-0.05, 0) is 55.6 Å². The number of amides is 1. The minimum absolute atomic E-state index is 0. The molecule has 6 nitrogen and oxygen atoms in total. The molecule has 28 heavy (non-hydrogen) atoms. The first-order chi connectivity index (χ1) is 13.0. The van der Waals surface area contributed by atoms with Crippen LogP contribution < -0.4 is 11.1 Å². The molecule has 0 radical (unpaired) electrons. The monoisotopic (exact) mass is 427 g/mol. The third kappa shape index (κ3) is 3.95. The van der Waals surface area contributed by atoms with Gasteiger partial charge in [-0.25, -0.2) is 8.42 Å². The Morgan fingerprint density at radius 1 is 1.11 bits per heavy atom. The summed E-state index contributed by atoms with van der Waals surface area (Å²) in [7, 11) is -3.52. The standard InChI is InChI=1S/C20H29N3O3S.ClH/c21-19-15-9-8-14(12-15)18(19)20(24)22-13-16-6-2-3-7-17(16)27(25,26)23-10-4-1-5-11-23;/h2-3,6-7,14-15,18-19H,1,4-5,8-13,21H2,(H,22,24);1H. The average molecular weight is 428 g/mol. The van der Waals surface area contributed by atoms with Crippen LogP contribution in [-0.2, 0) is 21.4 Å². The number of piperidine rings is 1. The number of hydrogen-bond donors (Lipinski definition) is 2. The number of rotatable bonds is 5. The highest BCUT2D eigenvalue weighted by Crippen LogP contribution is 2.47. The summed E-state index contributed by atoms with van der Waals surface area (Å²) in [6.45, 7) is 1.37. The van der Waals surface area contributed by atoms with E-state index in [9.17, 15) is 13.2 Å². The lowest BCUT2D eigenvalue weighted by Crippen LogP contribution is -2.45. The molecule has 4 atom stereocenters. The molecule has 1 aliphatic heterocycles. The van der Waals surface area contributed by atoms with Gasteiger partial charge in [0.15, 0.2) is 0 Å². The number of carbonyl (C=O) groups is 1. The van der Waals surface area contributed by atoms with Crippen molar-refractivity contribution in [2.24, 2.45) is 23.5 Å². The van der Waals surface area contributed by atoms with Gasteiger partial charge >= 0.3 is 0 Å². The van der Waals surface area contributed by atoms with Crippen molar-refractivity contribution in [1.82, 2.24) is 9.62 Å². The van der Waals surface area contributed by atoms with Gasteiger partial charge in [0.05, 0.1) is 10.8 Å². The maximum Gasteiger partial charge on any atom is 0.243 e. The fourth-order valence-corrected chi connectivity index (χ4v) is 6.91. The number of nitrogens with zero attached hydrogens (tertiary/aromatic N) is 1. The number of nitrogens with two attached hydrogens (primary N) is 1. The zero-order valence-corrected chi connectivity index (χ0v) is 17.7. The van der Waals surface area contributed by atoms with Gasteiger partial charge in [-0.15, -0.1) is 12.4 Å². The molecule has 1 amide bonds. The van der Waals surface area contributed by atoms with E-state index in [2.05, 4.69) is 5.32 Å². The van der Waals surface area contributed by atoms with Crippen LogP contribution >= 0.6 is 12.4 Å². The van der Waals surface area contributed by atoms with Gasteiger partial charge in [-0.3, -0.25) is 4.79 Å². The topological polar surface area (TPSA) is 92.5 Å². The van der Waals surface area contributed by atoms with Crippen LogP contribution in [0.2, 0.25) is 0 Å². The van der Waals surface area contributed by atoms with Crippen molar-refractivity contribution in [2.75, 3.05) is 13.1 Å². The van der Waals surface area contributed by atoms with E-state index in [-0.39, 0.29) is 36.8 Å². The van der Waals surface area contributed by atoms with Crippen LogP contribution in [0.5, 0.6) is 0 Å². The minimum atomic E-state index is -3.52. The zero-order chi connectivity index (χ0) is 19.0. The second-order valence-corrected chi connectivity index (χ2v) is 10.1. The van der Waals surface area contributed by atoms with Gasteiger partial charge in [0, 0.05) is 25.7 Å². The maximum absolute atomic E-state index is 13.1. The molecule has 1 aromatic carbocycles. The van der Waals surface area contributed by atoms with Crippen LogP contribution in [0.15, 0.2) is 29.2 Å². The Labute approximate surface area is 173 Å². The highest BCUT2D eigenvalue weighted by Gasteiger charge is 2.49. The molecule has 3 aliphatic rings. The fourth-order valence-electron chi connectivity index (χ4n) is 5.17. The van der Waals surface area contributed by atoms with Gasteiger partial charge < -0.3 is 11.1 Å². The molecule has 156 valence electrons. The van der Waals surface area contributed by atoms with E-state index in [1.54, 1.807) is 22.5 Å². The van der Waals surface area contributed by atoms with Crippen LogP contribution in [0.1, 0.15) is 44.1 Å². The molecule has 8 heteroatoms. The van der Waals surface area contributed by atoms with Crippen molar-refractivity contribution in [3.63, 3.8) is 0 Å². The molecule has 1 aromatic rings. The Hall–Kier alpha value is -1.15. The lowest BCUT2D eigenvalue weighted by atomic mass is 9.84. The lowest BCUT2D eigenvalue weighted by molar-refractivity contribution is -0.127. The van der Waals surface area contributed by atoms with Crippen molar-refractivity contribution < 1.29 is 13.2 Å². The summed E-state index contributed by atoms with van der Waals surface area (Å²) in [6.07, 6.45) is 6.15. The minimum Gasteiger partial charge on any atom is -0.352 e. The molecule has 4 rings (SSSR count). The maximum atomic E-state index is 13.1. The molecule has 1 heterocycles. The van der Waals surface area contributed by atoms with Gasteiger partial charge in [0.25, 0.3) is 0 Å². The van der Waals surface area contributed by atoms with E-state index in [4.69, 9.17) is 5.73 Å². The Kier molecular flexibility index (Phi) is 6.69. The first-order valence-electron chi connectivity index (χ1n) is 10.1. The second kappa shape index (κ2) is 8.69. The number of hydrogen-bond acceptors (Lipinski definition) is 4. The van der Waals surface area contributed by atoms with Gasteiger partial charge in [0.1, 0.15) is 0 Å². The highest BCUT2D eigenvalue weighted by atomic mass is 35.5. The summed E-state index contributed by atoms with van der Waals surface area (Å²) in [4.78, 5) is 13.0. The second-order valence-electron chi connectivity index (χ2n) is 8.23. The first kappa shape index (κ1) is 21.6.